The number of H-pyrrole nitrogens is 1. The largest absolute Gasteiger partial charge is 0.337 e. The minimum Gasteiger partial charge on any atom is -0.337 e. The maximum atomic E-state index is 12.7. The fourth-order valence-corrected chi connectivity index (χ4v) is 3.73. The first-order valence-electron chi connectivity index (χ1n) is 9.25. The van der Waals surface area contributed by atoms with Gasteiger partial charge in [-0.15, -0.1) is 0 Å². The van der Waals surface area contributed by atoms with E-state index in [-0.39, 0.29) is 17.5 Å². The number of carbonyl (C=O) groups is 1. The van der Waals surface area contributed by atoms with Crippen molar-refractivity contribution in [3.8, 4) is 11.3 Å². The monoisotopic (exact) mass is 361 g/mol. The number of fused-ring (bicyclic) bond motifs is 1. The van der Waals surface area contributed by atoms with Crippen LogP contribution < -0.4 is 10.9 Å². The van der Waals surface area contributed by atoms with Crippen molar-refractivity contribution in [1.29, 1.82) is 0 Å². The minimum absolute atomic E-state index is 0.0260. The van der Waals surface area contributed by atoms with Crippen LogP contribution in [0.1, 0.15) is 22.3 Å². The molecule has 1 atom stereocenters. The van der Waals surface area contributed by atoms with E-state index in [1.54, 1.807) is 0 Å². The van der Waals surface area contributed by atoms with Gasteiger partial charge in [-0.3, -0.25) is 9.59 Å². The number of benzene rings is 2. The van der Waals surface area contributed by atoms with Crippen LogP contribution in [-0.2, 0) is 0 Å². The molecule has 1 amide bonds. The third-order valence-corrected chi connectivity index (χ3v) is 5.45. The summed E-state index contributed by atoms with van der Waals surface area (Å²) in [6, 6.07) is 15.4. The lowest BCUT2D eigenvalue weighted by molar-refractivity contribution is 0.0744. The van der Waals surface area contributed by atoms with Crippen LogP contribution in [0.15, 0.2) is 53.3 Å². The second-order valence-electron chi connectivity index (χ2n) is 7.19. The number of pyridine rings is 1. The molecule has 3 aromatic rings. The number of rotatable bonds is 3. The van der Waals surface area contributed by atoms with Crippen molar-refractivity contribution in [3.63, 3.8) is 0 Å². The van der Waals surface area contributed by atoms with Crippen LogP contribution >= 0.6 is 0 Å². The Morgan fingerprint density at radius 3 is 2.59 bits per heavy atom. The Labute approximate surface area is 158 Å². The molecule has 1 aliphatic heterocycles. The lowest BCUT2D eigenvalue weighted by Gasteiger charge is -2.23. The highest BCUT2D eigenvalue weighted by atomic mass is 16.2. The van der Waals surface area contributed by atoms with Crippen molar-refractivity contribution in [2.45, 2.75) is 19.4 Å². The van der Waals surface area contributed by atoms with E-state index in [0.29, 0.717) is 10.9 Å². The zero-order chi connectivity index (χ0) is 19.0. The Bertz CT molecular complexity index is 1050. The van der Waals surface area contributed by atoms with E-state index in [0.717, 1.165) is 41.7 Å². The molecular weight excluding hydrogens is 338 g/mol. The Morgan fingerprint density at radius 1 is 1.11 bits per heavy atom. The summed E-state index contributed by atoms with van der Waals surface area (Å²) < 4.78 is 0. The lowest BCUT2D eigenvalue weighted by atomic mass is 10.0. The first-order chi connectivity index (χ1) is 13.0. The number of hydrogen-bond acceptors (Lipinski definition) is 3. The van der Waals surface area contributed by atoms with E-state index >= 15 is 0 Å². The van der Waals surface area contributed by atoms with Gasteiger partial charge in [0.1, 0.15) is 0 Å². The Balaban J connectivity index is 1.64. The van der Waals surface area contributed by atoms with E-state index in [4.69, 9.17) is 0 Å². The molecule has 5 nitrogen and oxygen atoms in total. The third kappa shape index (κ3) is 3.26. The molecule has 138 valence electrons. The molecule has 5 heteroatoms. The van der Waals surface area contributed by atoms with Gasteiger partial charge in [0.05, 0.1) is 0 Å². The number of nitrogens with one attached hydrogen (secondary N) is 2. The van der Waals surface area contributed by atoms with Crippen molar-refractivity contribution in [2.75, 3.05) is 20.1 Å². The summed E-state index contributed by atoms with van der Waals surface area (Å²) >= 11 is 0. The number of hydrogen-bond donors (Lipinski definition) is 2. The van der Waals surface area contributed by atoms with Gasteiger partial charge in [-0.05, 0) is 60.7 Å². The summed E-state index contributed by atoms with van der Waals surface area (Å²) in [4.78, 5) is 29.9. The molecule has 0 radical (unpaired) electrons. The molecular formula is C22H23N3O2. The van der Waals surface area contributed by atoms with Gasteiger partial charge in [-0.2, -0.15) is 0 Å². The molecule has 2 aromatic carbocycles. The molecule has 1 aliphatic rings. The standard InChI is InChI=1S/C22H23N3O2/c1-14-4-3-5-18-19(14)12-20(24-21(18)26)15-6-8-16(9-7-15)22(27)25(2)17-10-11-23-13-17/h3-9,12,17,23H,10-11,13H2,1-2H3,(H,24,26). The number of nitrogens with zero attached hydrogens (tertiary/aromatic N) is 1. The Kier molecular flexibility index (Phi) is 4.54. The van der Waals surface area contributed by atoms with Gasteiger partial charge in [0, 0.05) is 36.3 Å². The van der Waals surface area contributed by atoms with Crippen LogP contribution in [0.3, 0.4) is 0 Å². The van der Waals surface area contributed by atoms with E-state index in [9.17, 15) is 9.59 Å². The SMILES string of the molecule is Cc1cccc2c(=O)[nH]c(-c3ccc(C(=O)N(C)C4CCNC4)cc3)cc12. The Hall–Kier alpha value is -2.92. The van der Waals surface area contributed by atoms with Crippen LogP contribution in [-0.4, -0.2) is 42.0 Å². The first kappa shape index (κ1) is 17.5. The zero-order valence-electron chi connectivity index (χ0n) is 15.6. The highest BCUT2D eigenvalue weighted by Gasteiger charge is 2.23. The second-order valence-corrected chi connectivity index (χ2v) is 7.19. The molecule has 1 unspecified atom stereocenters. The van der Waals surface area contributed by atoms with Gasteiger partial charge in [-0.1, -0.05) is 24.3 Å². The third-order valence-electron chi connectivity index (χ3n) is 5.45. The van der Waals surface area contributed by atoms with E-state index in [1.165, 1.54) is 0 Å². The molecule has 0 spiro atoms. The lowest BCUT2D eigenvalue weighted by Crippen LogP contribution is -2.38. The van der Waals surface area contributed by atoms with E-state index in [2.05, 4.69) is 10.3 Å². The minimum atomic E-state index is -0.0974. The van der Waals surface area contributed by atoms with Crippen LogP contribution in [0, 0.1) is 6.92 Å². The van der Waals surface area contributed by atoms with Gasteiger partial charge in [-0.25, -0.2) is 0 Å². The summed E-state index contributed by atoms with van der Waals surface area (Å²) in [5.41, 5.74) is 3.28. The van der Waals surface area contributed by atoms with Gasteiger partial charge >= 0.3 is 0 Å². The van der Waals surface area contributed by atoms with Gasteiger partial charge in [0.15, 0.2) is 0 Å². The summed E-state index contributed by atoms with van der Waals surface area (Å²) in [6.07, 6.45) is 0.984. The zero-order valence-corrected chi connectivity index (χ0v) is 15.6. The molecule has 4 rings (SSSR count). The van der Waals surface area contributed by atoms with Gasteiger partial charge in [0.2, 0.25) is 0 Å². The molecule has 0 aliphatic carbocycles. The number of amides is 1. The highest BCUT2D eigenvalue weighted by molar-refractivity contribution is 5.95. The number of aromatic amines is 1. The average molecular weight is 361 g/mol. The maximum Gasteiger partial charge on any atom is 0.256 e. The van der Waals surface area contributed by atoms with E-state index < -0.39 is 0 Å². The number of aryl methyl sites for hydroxylation is 1. The molecule has 27 heavy (non-hydrogen) atoms. The number of likely N-dealkylation sites (N-methyl/N-ethyl adjacent to an activating group) is 1. The van der Waals surface area contributed by atoms with Crippen LogP contribution in [0.5, 0.6) is 0 Å². The summed E-state index contributed by atoms with van der Waals surface area (Å²) in [7, 11) is 1.86. The fourth-order valence-electron chi connectivity index (χ4n) is 3.73. The molecule has 2 heterocycles. The molecule has 1 fully saturated rings. The van der Waals surface area contributed by atoms with Crippen LogP contribution in [0.2, 0.25) is 0 Å². The van der Waals surface area contributed by atoms with Crippen molar-refractivity contribution in [2.24, 2.45) is 0 Å². The topological polar surface area (TPSA) is 65.2 Å². The number of carbonyl (C=O) groups excluding carboxylic acids is 1. The summed E-state index contributed by atoms with van der Waals surface area (Å²) in [5.74, 6) is 0.0260. The molecule has 1 aromatic heterocycles. The van der Waals surface area contributed by atoms with Gasteiger partial charge in [0.25, 0.3) is 11.5 Å². The molecule has 2 N–H and O–H groups in total. The second kappa shape index (κ2) is 7.00. The van der Waals surface area contributed by atoms with Gasteiger partial charge < -0.3 is 15.2 Å². The first-order valence-corrected chi connectivity index (χ1v) is 9.25. The van der Waals surface area contributed by atoms with Crippen LogP contribution in [0.4, 0.5) is 0 Å². The fraction of sp³-hybridized carbons (Fsp3) is 0.273. The summed E-state index contributed by atoms with van der Waals surface area (Å²) in [6.45, 7) is 3.80. The van der Waals surface area contributed by atoms with Crippen molar-refractivity contribution < 1.29 is 4.79 Å². The quantitative estimate of drug-likeness (QED) is 0.754. The van der Waals surface area contributed by atoms with Crippen molar-refractivity contribution in [3.05, 3.63) is 70.0 Å². The molecule has 0 bridgehead atoms. The van der Waals surface area contributed by atoms with Crippen molar-refractivity contribution in [1.82, 2.24) is 15.2 Å². The van der Waals surface area contributed by atoms with E-state index in [1.807, 2.05) is 67.4 Å². The maximum absolute atomic E-state index is 12.7. The Morgan fingerprint density at radius 2 is 1.89 bits per heavy atom. The highest BCUT2D eigenvalue weighted by Crippen LogP contribution is 2.23. The smallest absolute Gasteiger partial charge is 0.256 e. The number of aromatic nitrogens is 1. The average Bonchev–Trinajstić information content (AvgIpc) is 3.22. The molecule has 0 saturated carbocycles. The summed E-state index contributed by atoms with van der Waals surface area (Å²) in [5, 5.41) is 4.93. The van der Waals surface area contributed by atoms with Crippen molar-refractivity contribution >= 4 is 16.7 Å². The predicted molar refractivity (Wildman–Crippen MR) is 108 cm³/mol. The normalized spacial score (nSPS) is 16.6. The predicted octanol–water partition coefficient (Wildman–Crippen LogP) is 2.94. The molecule has 1 saturated heterocycles. The van der Waals surface area contributed by atoms with Crippen LogP contribution in [0.25, 0.3) is 22.0 Å².